The van der Waals surface area contributed by atoms with E-state index in [-0.39, 0.29) is 17.6 Å². The molecule has 21 heavy (non-hydrogen) atoms. The molecule has 2 N–H and O–H groups in total. The van der Waals surface area contributed by atoms with Gasteiger partial charge in [-0.2, -0.15) is 0 Å². The van der Waals surface area contributed by atoms with Crippen LogP contribution < -0.4 is 5.73 Å². The fraction of sp³-hybridized carbons (Fsp3) is 0.250. The number of nitro benzene ring substituents is 1. The minimum atomic E-state index is -0.580. The first-order valence-electron chi connectivity index (χ1n) is 6.82. The van der Waals surface area contributed by atoms with Crippen molar-refractivity contribution in [2.45, 2.75) is 18.9 Å². The van der Waals surface area contributed by atoms with Crippen molar-refractivity contribution in [3.63, 3.8) is 0 Å². The van der Waals surface area contributed by atoms with E-state index in [1.54, 1.807) is 0 Å². The molecule has 2 aromatic rings. The molecule has 4 nitrogen and oxygen atoms in total. The average molecular weight is 286 g/mol. The molecule has 0 heterocycles. The molecular weight excluding hydrogens is 271 g/mol. The van der Waals surface area contributed by atoms with Crippen molar-refractivity contribution in [1.29, 1.82) is 0 Å². The van der Waals surface area contributed by atoms with E-state index in [2.05, 4.69) is 0 Å². The molecule has 0 fully saturated rings. The highest BCUT2D eigenvalue weighted by atomic mass is 19.1. The Kier molecular flexibility index (Phi) is 3.43. The first-order chi connectivity index (χ1) is 10.0. The van der Waals surface area contributed by atoms with Crippen LogP contribution in [0.1, 0.15) is 22.7 Å². The number of hydrogen-bond acceptors (Lipinski definition) is 3. The molecule has 2 atom stereocenters. The van der Waals surface area contributed by atoms with Crippen LogP contribution in [0.2, 0.25) is 0 Å². The minimum Gasteiger partial charge on any atom is -0.324 e. The minimum absolute atomic E-state index is 0.108. The predicted molar refractivity (Wildman–Crippen MR) is 77.3 cm³/mol. The molecule has 1 aliphatic carbocycles. The summed E-state index contributed by atoms with van der Waals surface area (Å²) in [7, 11) is 0. The van der Waals surface area contributed by atoms with Crippen LogP contribution in [0.15, 0.2) is 42.5 Å². The SMILES string of the molecule is NC1c2ccccc2CC1Cc1cc(F)cc([N+](=O)[O-])c1. The third-order valence-electron chi connectivity index (χ3n) is 4.06. The maximum atomic E-state index is 13.5. The summed E-state index contributed by atoms with van der Waals surface area (Å²) in [6, 6.07) is 11.6. The first kappa shape index (κ1) is 13.7. The lowest BCUT2D eigenvalue weighted by Gasteiger charge is -2.16. The number of nitrogens with two attached hydrogens (primary N) is 1. The fourth-order valence-corrected chi connectivity index (χ4v) is 3.07. The topological polar surface area (TPSA) is 69.2 Å². The maximum absolute atomic E-state index is 13.5. The largest absolute Gasteiger partial charge is 0.324 e. The number of fused-ring (bicyclic) bond motifs is 1. The Morgan fingerprint density at radius 2 is 2.05 bits per heavy atom. The van der Waals surface area contributed by atoms with Crippen LogP contribution in [0.3, 0.4) is 0 Å². The molecule has 3 rings (SSSR count). The van der Waals surface area contributed by atoms with Crippen molar-refractivity contribution in [3.05, 3.63) is 75.1 Å². The number of benzene rings is 2. The van der Waals surface area contributed by atoms with Crippen molar-refractivity contribution in [1.82, 2.24) is 0 Å². The van der Waals surface area contributed by atoms with Gasteiger partial charge in [0.2, 0.25) is 0 Å². The number of hydrogen-bond donors (Lipinski definition) is 1. The van der Waals surface area contributed by atoms with Crippen molar-refractivity contribution in [2.75, 3.05) is 0 Å². The van der Waals surface area contributed by atoms with Gasteiger partial charge in [-0.3, -0.25) is 10.1 Å². The van der Waals surface area contributed by atoms with Gasteiger partial charge in [-0.15, -0.1) is 0 Å². The Bertz CT molecular complexity index is 702. The summed E-state index contributed by atoms with van der Waals surface area (Å²) in [5.74, 6) is -0.438. The van der Waals surface area contributed by atoms with Crippen molar-refractivity contribution in [2.24, 2.45) is 11.7 Å². The number of non-ortho nitro benzene ring substituents is 1. The Morgan fingerprint density at radius 1 is 1.29 bits per heavy atom. The molecular formula is C16H15FN2O2. The van der Waals surface area contributed by atoms with Gasteiger partial charge in [0, 0.05) is 12.1 Å². The van der Waals surface area contributed by atoms with E-state index in [0.717, 1.165) is 18.1 Å². The molecule has 5 heteroatoms. The van der Waals surface area contributed by atoms with Gasteiger partial charge in [0.15, 0.2) is 0 Å². The second kappa shape index (κ2) is 5.26. The zero-order valence-corrected chi connectivity index (χ0v) is 11.3. The van der Waals surface area contributed by atoms with Crippen LogP contribution in [-0.4, -0.2) is 4.92 Å². The Balaban J connectivity index is 1.84. The van der Waals surface area contributed by atoms with Crippen LogP contribution in [-0.2, 0) is 12.8 Å². The van der Waals surface area contributed by atoms with Gasteiger partial charge in [-0.05, 0) is 41.5 Å². The summed E-state index contributed by atoms with van der Waals surface area (Å²) >= 11 is 0. The standard InChI is InChI=1S/C16H15FN2O2/c17-13-6-10(7-14(9-13)19(20)21)5-12-8-11-3-1-2-4-15(11)16(12)18/h1-4,6-7,9,12,16H,5,8,18H2. The van der Waals surface area contributed by atoms with Crippen LogP contribution in [0, 0.1) is 21.8 Å². The number of nitrogens with zero attached hydrogens (tertiary/aromatic N) is 1. The quantitative estimate of drug-likeness (QED) is 0.696. The summed E-state index contributed by atoms with van der Waals surface area (Å²) in [4.78, 5) is 10.2. The van der Waals surface area contributed by atoms with E-state index in [4.69, 9.17) is 5.73 Å². The smallest absolute Gasteiger partial charge is 0.272 e. The average Bonchev–Trinajstić information content (AvgIpc) is 2.75. The summed E-state index contributed by atoms with van der Waals surface area (Å²) in [5, 5.41) is 10.8. The third kappa shape index (κ3) is 2.64. The lowest BCUT2D eigenvalue weighted by Crippen LogP contribution is -2.19. The van der Waals surface area contributed by atoms with Gasteiger partial charge in [0.05, 0.1) is 11.0 Å². The van der Waals surface area contributed by atoms with Gasteiger partial charge in [0.1, 0.15) is 5.82 Å². The van der Waals surface area contributed by atoms with E-state index < -0.39 is 10.7 Å². The van der Waals surface area contributed by atoms with Crippen molar-refractivity contribution < 1.29 is 9.31 Å². The summed E-state index contributed by atoms with van der Waals surface area (Å²) < 4.78 is 13.5. The monoisotopic (exact) mass is 286 g/mol. The third-order valence-corrected chi connectivity index (χ3v) is 4.06. The molecule has 1 aliphatic rings. The molecule has 0 amide bonds. The number of rotatable bonds is 3. The maximum Gasteiger partial charge on any atom is 0.272 e. The Hall–Kier alpha value is -2.27. The first-order valence-corrected chi connectivity index (χ1v) is 6.82. The summed E-state index contributed by atoms with van der Waals surface area (Å²) in [5.41, 5.74) is 8.98. The van der Waals surface area contributed by atoms with Crippen LogP contribution in [0.4, 0.5) is 10.1 Å². The van der Waals surface area contributed by atoms with Crippen LogP contribution >= 0.6 is 0 Å². The Morgan fingerprint density at radius 3 is 2.76 bits per heavy atom. The van der Waals surface area contributed by atoms with Gasteiger partial charge in [0.25, 0.3) is 5.69 Å². The van der Waals surface area contributed by atoms with Gasteiger partial charge in [-0.1, -0.05) is 24.3 Å². The zero-order chi connectivity index (χ0) is 15.0. The molecule has 2 aromatic carbocycles. The van der Waals surface area contributed by atoms with E-state index >= 15 is 0 Å². The van der Waals surface area contributed by atoms with Crippen molar-refractivity contribution >= 4 is 5.69 Å². The second-order valence-corrected chi connectivity index (χ2v) is 5.47. The van der Waals surface area contributed by atoms with Crippen LogP contribution in [0.25, 0.3) is 0 Å². The number of nitro groups is 1. The van der Waals surface area contributed by atoms with Gasteiger partial charge >= 0.3 is 0 Å². The van der Waals surface area contributed by atoms with E-state index in [0.29, 0.717) is 12.0 Å². The lowest BCUT2D eigenvalue weighted by atomic mass is 9.93. The molecule has 0 saturated carbocycles. The highest BCUT2D eigenvalue weighted by Gasteiger charge is 2.29. The van der Waals surface area contributed by atoms with E-state index in [1.807, 2.05) is 24.3 Å². The fourth-order valence-electron chi connectivity index (χ4n) is 3.07. The molecule has 0 spiro atoms. The molecule has 0 aromatic heterocycles. The molecule has 0 aliphatic heterocycles. The van der Waals surface area contributed by atoms with Crippen LogP contribution in [0.5, 0.6) is 0 Å². The van der Waals surface area contributed by atoms with E-state index in [9.17, 15) is 14.5 Å². The van der Waals surface area contributed by atoms with Crippen molar-refractivity contribution in [3.8, 4) is 0 Å². The molecule has 0 saturated heterocycles. The lowest BCUT2D eigenvalue weighted by molar-refractivity contribution is -0.385. The van der Waals surface area contributed by atoms with E-state index in [1.165, 1.54) is 17.7 Å². The molecule has 2 unspecified atom stereocenters. The van der Waals surface area contributed by atoms with Gasteiger partial charge < -0.3 is 5.73 Å². The Labute approximate surface area is 121 Å². The number of halogens is 1. The second-order valence-electron chi connectivity index (χ2n) is 5.47. The zero-order valence-electron chi connectivity index (χ0n) is 11.3. The highest BCUT2D eigenvalue weighted by molar-refractivity contribution is 5.38. The molecule has 0 radical (unpaired) electrons. The molecule has 108 valence electrons. The predicted octanol–water partition coefficient (Wildman–Crippen LogP) is 3.15. The summed E-state index contributed by atoms with van der Waals surface area (Å²) in [6.45, 7) is 0. The summed E-state index contributed by atoms with van der Waals surface area (Å²) in [6.07, 6.45) is 1.36. The highest BCUT2D eigenvalue weighted by Crippen LogP contribution is 2.36. The molecule has 0 bridgehead atoms. The van der Waals surface area contributed by atoms with Gasteiger partial charge in [-0.25, -0.2) is 4.39 Å². The normalized spacial score (nSPS) is 20.3.